The molecule has 0 aliphatic carbocycles. The number of nitrogens with two attached hydrogens (primary N) is 1. The average molecular weight is 379 g/mol. The first-order chi connectivity index (χ1) is 13.5. The summed E-state index contributed by atoms with van der Waals surface area (Å²) in [6, 6.07) is 4.60. The number of rotatable bonds is 5. The maximum atomic E-state index is 14.1. The van der Waals surface area contributed by atoms with Gasteiger partial charge in [0.25, 0.3) is 5.91 Å². The van der Waals surface area contributed by atoms with Gasteiger partial charge in [-0.2, -0.15) is 0 Å². The molecule has 4 aromatic rings. The maximum absolute atomic E-state index is 14.1. The van der Waals surface area contributed by atoms with E-state index >= 15 is 0 Å². The van der Waals surface area contributed by atoms with E-state index in [1.165, 1.54) is 22.9 Å². The number of carbonyl (C=O) groups excluding carboxylic acids is 1. The Balaban J connectivity index is 1.68. The molecular formula is C19H18FN7O. The van der Waals surface area contributed by atoms with Crippen LogP contribution in [0.3, 0.4) is 0 Å². The van der Waals surface area contributed by atoms with Crippen molar-refractivity contribution < 1.29 is 9.18 Å². The summed E-state index contributed by atoms with van der Waals surface area (Å²) in [7, 11) is 0. The molecule has 8 nitrogen and oxygen atoms in total. The summed E-state index contributed by atoms with van der Waals surface area (Å²) in [5.74, 6) is -0.939. The first kappa shape index (κ1) is 17.8. The molecule has 0 bridgehead atoms. The van der Waals surface area contributed by atoms with Gasteiger partial charge in [0.2, 0.25) is 0 Å². The molecule has 3 heterocycles. The molecule has 1 atom stereocenters. The van der Waals surface area contributed by atoms with Crippen LogP contribution in [0.2, 0.25) is 0 Å². The SMILES string of the molecule is C[C@@H](N)CNc1ccc(C(=O)Nc2cc(F)c3nccn3c2)c2nccnc12. The van der Waals surface area contributed by atoms with Gasteiger partial charge >= 0.3 is 0 Å². The molecule has 142 valence electrons. The van der Waals surface area contributed by atoms with Gasteiger partial charge < -0.3 is 20.8 Å². The minimum absolute atomic E-state index is 0.0392. The number of aromatic nitrogens is 4. The molecule has 0 radical (unpaired) electrons. The number of hydrogen-bond acceptors (Lipinski definition) is 6. The van der Waals surface area contributed by atoms with Crippen molar-refractivity contribution in [1.82, 2.24) is 19.4 Å². The molecule has 28 heavy (non-hydrogen) atoms. The van der Waals surface area contributed by atoms with Crippen LogP contribution in [0.5, 0.6) is 0 Å². The number of anilines is 2. The molecule has 0 spiro atoms. The topological polar surface area (TPSA) is 110 Å². The van der Waals surface area contributed by atoms with Gasteiger partial charge in [-0.15, -0.1) is 0 Å². The van der Waals surface area contributed by atoms with Crippen molar-refractivity contribution >= 4 is 34.0 Å². The van der Waals surface area contributed by atoms with E-state index in [2.05, 4.69) is 25.6 Å². The maximum Gasteiger partial charge on any atom is 0.257 e. The Morgan fingerprint density at radius 1 is 1.21 bits per heavy atom. The Bertz CT molecular complexity index is 1170. The number of halogens is 1. The van der Waals surface area contributed by atoms with Gasteiger partial charge in [0.1, 0.15) is 11.0 Å². The van der Waals surface area contributed by atoms with Crippen molar-refractivity contribution in [1.29, 1.82) is 0 Å². The van der Waals surface area contributed by atoms with Crippen LogP contribution in [0.4, 0.5) is 15.8 Å². The summed E-state index contributed by atoms with van der Waals surface area (Å²) in [6.45, 7) is 2.44. The van der Waals surface area contributed by atoms with E-state index in [4.69, 9.17) is 5.73 Å². The Hall–Kier alpha value is -3.59. The van der Waals surface area contributed by atoms with Crippen molar-refractivity contribution in [3.63, 3.8) is 0 Å². The lowest BCUT2D eigenvalue weighted by molar-refractivity contribution is 0.102. The molecular weight excluding hydrogens is 361 g/mol. The first-order valence-electron chi connectivity index (χ1n) is 8.69. The fourth-order valence-corrected chi connectivity index (χ4v) is 2.91. The monoisotopic (exact) mass is 379 g/mol. The highest BCUT2D eigenvalue weighted by Crippen LogP contribution is 2.24. The molecule has 4 N–H and O–H groups in total. The van der Waals surface area contributed by atoms with Crippen molar-refractivity contribution in [3.8, 4) is 0 Å². The number of carbonyl (C=O) groups is 1. The zero-order valence-corrected chi connectivity index (χ0v) is 15.1. The van der Waals surface area contributed by atoms with E-state index in [-0.39, 0.29) is 11.7 Å². The average Bonchev–Trinajstić information content (AvgIpc) is 3.15. The predicted octanol–water partition coefficient (Wildman–Crippen LogP) is 2.43. The van der Waals surface area contributed by atoms with Crippen molar-refractivity contribution in [2.45, 2.75) is 13.0 Å². The molecule has 0 saturated carbocycles. The summed E-state index contributed by atoms with van der Waals surface area (Å²) in [4.78, 5) is 25.4. The number of amides is 1. The molecule has 0 saturated heterocycles. The molecule has 3 aromatic heterocycles. The second-order valence-electron chi connectivity index (χ2n) is 6.46. The number of benzene rings is 1. The van der Waals surface area contributed by atoms with Crippen LogP contribution >= 0.6 is 0 Å². The minimum Gasteiger partial charge on any atom is -0.382 e. The van der Waals surface area contributed by atoms with Crippen LogP contribution in [-0.2, 0) is 0 Å². The van der Waals surface area contributed by atoms with Crippen LogP contribution in [-0.4, -0.2) is 37.8 Å². The van der Waals surface area contributed by atoms with Gasteiger partial charge in [-0.1, -0.05) is 0 Å². The van der Waals surface area contributed by atoms with Gasteiger partial charge in [0.05, 0.1) is 16.9 Å². The summed E-state index contributed by atoms with van der Waals surface area (Å²) in [5.41, 5.74) is 8.37. The van der Waals surface area contributed by atoms with Gasteiger partial charge in [-0.05, 0) is 19.1 Å². The normalized spacial score (nSPS) is 12.2. The second kappa shape index (κ2) is 7.20. The van der Waals surface area contributed by atoms with Gasteiger partial charge in [0.15, 0.2) is 11.5 Å². The summed E-state index contributed by atoms with van der Waals surface area (Å²) in [6.07, 6.45) is 7.76. The molecule has 4 rings (SSSR count). The third-order valence-corrected chi connectivity index (χ3v) is 4.18. The quantitative estimate of drug-likeness (QED) is 0.491. The van der Waals surface area contributed by atoms with Crippen LogP contribution < -0.4 is 16.4 Å². The molecule has 9 heteroatoms. The third kappa shape index (κ3) is 3.35. The van der Waals surface area contributed by atoms with Crippen molar-refractivity contribution in [2.24, 2.45) is 5.73 Å². The lowest BCUT2D eigenvalue weighted by atomic mass is 10.1. The lowest BCUT2D eigenvalue weighted by Crippen LogP contribution is -2.25. The van der Waals surface area contributed by atoms with Crippen LogP contribution in [0.1, 0.15) is 17.3 Å². The number of nitrogens with one attached hydrogen (secondary N) is 2. The number of fused-ring (bicyclic) bond motifs is 2. The Morgan fingerprint density at radius 2 is 2.00 bits per heavy atom. The third-order valence-electron chi connectivity index (χ3n) is 4.18. The number of nitrogens with zero attached hydrogens (tertiary/aromatic N) is 4. The van der Waals surface area contributed by atoms with E-state index in [0.29, 0.717) is 28.8 Å². The van der Waals surface area contributed by atoms with E-state index < -0.39 is 11.7 Å². The smallest absolute Gasteiger partial charge is 0.257 e. The first-order valence-corrected chi connectivity index (χ1v) is 8.69. The van der Waals surface area contributed by atoms with Crippen molar-refractivity contribution in [2.75, 3.05) is 17.2 Å². The Kier molecular flexibility index (Phi) is 4.58. The van der Waals surface area contributed by atoms with E-state index in [1.54, 1.807) is 30.7 Å². The predicted molar refractivity (Wildman–Crippen MR) is 105 cm³/mol. The molecule has 1 aromatic carbocycles. The van der Waals surface area contributed by atoms with Crippen LogP contribution in [0.15, 0.2) is 49.2 Å². The van der Waals surface area contributed by atoms with Gasteiger partial charge in [-0.3, -0.25) is 14.8 Å². The lowest BCUT2D eigenvalue weighted by Gasteiger charge is -2.13. The Morgan fingerprint density at radius 3 is 2.79 bits per heavy atom. The van der Waals surface area contributed by atoms with Crippen LogP contribution in [0.25, 0.3) is 16.7 Å². The highest BCUT2D eigenvalue weighted by Gasteiger charge is 2.16. The summed E-state index contributed by atoms with van der Waals surface area (Å²) in [5, 5.41) is 5.92. The molecule has 0 unspecified atom stereocenters. The number of imidazole rings is 1. The fraction of sp³-hybridized carbons (Fsp3) is 0.158. The standard InChI is InChI=1S/C19H18FN7O/c1-11(21)9-25-15-3-2-13(16-17(15)23-5-4-22-16)19(28)26-12-8-14(20)18-24-6-7-27(18)10-12/h2-8,10-11,25H,9,21H2,1H3,(H,26,28)/t11-/m1/s1. The highest BCUT2D eigenvalue weighted by molar-refractivity contribution is 6.13. The van der Waals surface area contributed by atoms with E-state index in [9.17, 15) is 9.18 Å². The molecule has 0 aliphatic rings. The van der Waals surface area contributed by atoms with E-state index in [0.717, 1.165) is 5.69 Å². The minimum atomic E-state index is -0.525. The summed E-state index contributed by atoms with van der Waals surface area (Å²) >= 11 is 0. The zero-order chi connectivity index (χ0) is 19.7. The second-order valence-corrected chi connectivity index (χ2v) is 6.46. The highest BCUT2D eigenvalue weighted by atomic mass is 19.1. The largest absolute Gasteiger partial charge is 0.382 e. The van der Waals surface area contributed by atoms with Gasteiger partial charge in [0, 0.05) is 49.6 Å². The summed E-state index contributed by atoms with van der Waals surface area (Å²) < 4.78 is 15.6. The number of pyridine rings is 1. The van der Waals surface area contributed by atoms with E-state index in [1.807, 2.05) is 6.92 Å². The molecule has 0 aliphatic heterocycles. The zero-order valence-electron chi connectivity index (χ0n) is 15.1. The fourth-order valence-electron chi connectivity index (χ4n) is 2.91. The molecule has 1 amide bonds. The van der Waals surface area contributed by atoms with Gasteiger partial charge in [-0.25, -0.2) is 9.37 Å². The number of hydrogen-bond donors (Lipinski definition) is 3. The van der Waals surface area contributed by atoms with Crippen LogP contribution in [0, 0.1) is 5.82 Å². The van der Waals surface area contributed by atoms with Crippen molar-refractivity contribution in [3.05, 3.63) is 60.6 Å². The molecule has 0 fully saturated rings. The Labute approximate surface area is 159 Å².